The molecule has 0 radical (unpaired) electrons. The van der Waals surface area contributed by atoms with Crippen molar-refractivity contribution >= 4 is 33.4 Å². The summed E-state index contributed by atoms with van der Waals surface area (Å²) in [6.07, 6.45) is -4.43. The van der Waals surface area contributed by atoms with Gasteiger partial charge in [-0.1, -0.05) is 12.1 Å². The third-order valence-electron chi connectivity index (χ3n) is 4.08. The Hall–Kier alpha value is -2.04. The number of halogens is 3. The number of amides is 1. The van der Waals surface area contributed by atoms with Crippen LogP contribution in [0.2, 0.25) is 0 Å². The lowest BCUT2D eigenvalue weighted by Gasteiger charge is -2.24. The molecule has 27 heavy (non-hydrogen) atoms. The van der Waals surface area contributed by atoms with Crippen LogP contribution in [0, 0.1) is 0 Å². The quantitative estimate of drug-likeness (QED) is 0.830. The van der Waals surface area contributed by atoms with E-state index in [9.17, 15) is 26.4 Å². The number of hydrogen-bond donors (Lipinski definition) is 1. The van der Waals surface area contributed by atoms with Gasteiger partial charge in [0.25, 0.3) is 0 Å². The van der Waals surface area contributed by atoms with Gasteiger partial charge >= 0.3 is 6.18 Å². The van der Waals surface area contributed by atoms with Gasteiger partial charge in [0, 0.05) is 5.69 Å². The van der Waals surface area contributed by atoms with E-state index in [1.54, 1.807) is 0 Å². The fraction of sp³-hybridized carbons (Fsp3) is 0.235. The highest BCUT2D eigenvalue weighted by Gasteiger charge is 2.35. The van der Waals surface area contributed by atoms with Crippen LogP contribution in [0.4, 0.5) is 18.9 Å². The molecule has 2 aromatic carbocycles. The maximum atomic E-state index is 12.7. The number of carbonyl (C=O) groups is 1. The molecule has 2 aromatic rings. The highest BCUT2D eigenvalue weighted by atomic mass is 32.2. The van der Waals surface area contributed by atoms with Gasteiger partial charge in [-0.2, -0.15) is 13.2 Å². The molecule has 144 valence electrons. The van der Waals surface area contributed by atoms with Crippen LogP contribution < -0.4 is 9.62 Å². The lowest BCUT2D eigenvalue weighted by molar-refractivity contribution is -0.137. The molecule has 1 aliphatic rings. The van der Waals surface area contributed by atoms with Crippen LogP contribution in [-0.4, -0.2) is 27.1 Å². The lowest BCUT2D eigenvalue weighted by Crippen LogP contribution is -2.28. The first kappa shape index (κ1) is 19.7. The number of benzene rings is 2. The standard InChI is InChI=1S/C17H15F3N2O3S2/c1-21-27(24,25)14-8-6-13(7-9-14)22-15(23)10-26-16(22)11-2-4-12(5-3-11)17(18,19)20/h2-9,16,21H,10H2,1H3/t16-/m0/s1. The maximum Gasteiger partial charge on any atom is 0.416 e. The van der Waals surface area contributed by atoms with Gasteiger partial charge in [0.05, 0.1) is 16.2 Å². The molecule has 1 heterocycles. The SMILES string of the molecule is CNS(=O)(=O)c1ccc(N2C(=O)CS[C@H]2c2ccc(C(F)(F)F)cc2)cc1. The summed E-state index contributed by atoms with van der Waals surface area (Å²) in [6.45, 7) is 0. The molecule has 0 saturated carbocycles. The fourth-order valence-electron chi connectivity index (χ4n) is 2.69. The first-order chi connectivity index (χ1) is 12.6. The number of sulfonamides is 1. The van der Waals surface area contributed by atoms with Crippen molar-refractivity contribution in [2.75, 3.05) is 17.7 Å². The monoisotopic (exact) mass is 416 g/mol. The number of carbonyl (C=O) groups excluding carboxylic acids is 1. The van der Waals surface area contributed by atoms with Crippen molar-refractivity contribution in [1.82, 2.24) is 4.72 Å². The van der Waals surface area contributed by atoms with E-state index in [-0.39, 0.29) is 16.6 Å². The molecule has 0 aromatic heterocycles. The van der Waals surface area contributed by atoms with Gasteiger partial charge in [-0.3, -0.25) is 9.69 Å². The summed E-state index contributed by atoms with van der Waals surface area (Å²) in [5, 5.41) is -0.480. The first-order valence-electron chi connectivity index (χ1n) is 7.78. The topological polar surface area (TPSA) is 66.5 Å². The highest BCUT2D eigenvalue weighted by Crippen LogP contribution is 2.42. The van der Waals surface area contributed by atoms with E-state index < -0.39 is 27.1 Å². The molecule has 1 fully saturated rings. The second-order valence-electron chi connectivity index (χ2n) is 5.75. The van der Waals surface area contributed by atoms with E-state index in [2.05, 4.69) is 4.72 Å². The summed E-state index contributed by atoms with van der Waals surface area (Å²) in [5.41, 5.74) is 0.282. The van der Waals surface area contributed by atoms with Crippen molar-refractivity contribution in [2.24, 2.45) is 0 Å². The molecular weight excluding hydrogens is 401 g/mol. The van der Waals surface area contributed by atoms with Crippen molar-refractivity contribution in [3.8, 4) is 0 Å². The molecule has 1 N–H and O–H groups in total. The minimum absolute atomic E-state index is 0.0547. The number of hydrogen-bond acceptors (Lipinski definition) is 4. The zero-order valence-corrected chi connectivity index (χ0v) is 15.7. The summed E-state index contributed by atoms with van der Waals surface area (Å²) in [7, 11) is -2.31. The Bertz CT molecular complexity index is 943. The maximum absolute atomic E-state index is 12.7. The number of thioether (sulfide) groups is 1. The Morgan fingerprint density at radius 1 is 1.07 bits per heavy atom. The molecule has 0 bridgehead atoms. The predicted molar refractivity (Wildman–Crippen MR) is 96.8 cm³/mol. The Morgan fingerprint density at radius 2 is 1.67 bits per heavy atom. The summed E-state index contributed by atoms with van der Waals surface area (Å²) in [5.74, 6) is -0.0171. The number of rotatable bonds is 4. The van der Waals surface area contributed by atoms with Crippen molar-refractivity contribution in [3.05, 3.63) is 59.7 Å². The largest absolute Gasteiger partial charge is 0.416 e. The number of anilines is 1. The van der Waals surface area contributed by atoms with Crippen molar-refractivity contribution in [1.29, 1.82) is 0 Å². The Morgan fingerprint density at radius 3 is 2.19 bits per heavy atom. The predicted octanol–water partition coefficient (Wildman–Crippen LogP) is 3.39. The molecule has 3 rings (SSSR count). The van der Waals surface area contributed by atoms with Gasteiger partial charge in [-0.25, -0.2) is 13.1 Å². The molecule has 1 aliphatic heterocycles. The van der Waals surface area contributed by atoms with E-state index >= 15 is 0 Å². The third kappa shape index (κ3) is 3.97. The zero-order valence-electron chi connectivity index (χ0n) is 14.0. The van der Waals surface area contributed by atoms with Gasteiger partial charge in [0.1, 0.15) is 5.37 Å². The summed E-state index contributed by atoms with van der Waals surface area (Å²) < 4.78 is 64.0. The van der Waals surface area contributed by atoms with Crippen molar-refractivity contribution in [2.45, 2.75) is 16.4 Å². The van der Waals surface area contributed by atoms with Crippen LogP contribution in [0.5, 0.6) is 0 Å². The zero-order chi connectivity index (χ0) is 19.8. The highest BCUT2D eigenvalue weighted by molar-refractivity contribution is 8.00. The van der Waals surface area contributed by atoms with Crippen LogP contribution in [0.3, 0.4) is 0 Å². The molecule has 0 unspecified atom stereocenters. The Balaban J connectivity index is 1.91. The molecule has 1 amide bonds. The average molecular weight is 416 g/mol. The molecule has 1 atom stereocenters. The van der Waals surface area contributed by atoms with Crippen molar-refractivity contribution in [3.63, 3.8) is 0 Å². The molecule has 5 nitrogen and oxygen atoms in total. The summed E-state index contributed by atoms with van der Waals surface area (Å²) in [4.78, 5) is 13.8. The van der Waals surface area contributed by atoms with Crippen LogP contribution in [-0.2, 0) is 21.0 Å². The number of alkyl halides is 3. The third-order valence-corrected chi connectivity index (χ3v) is 6.73. The minimum Gasteiger partial charge on any atom is -0.295 e. The Labute approximate surface area is 158 Å². The first-order valence-corrected chi connectivity index (χ1v) is 10.3. The van der Waals surface area contributed by atoms with Crippen LogP contribution >= 0.6 is 11.8 Å². The minimum atomic E-state index is -4.43. The Kier molecular flexibility index (Phi) is 5.24. The number of nitrogens with one attached hydrogen (secondary N) is 1. The molecule has 10 heteroatoms. The van der Waals surface area contributed by atoms with Gasteiger partial charge in [0.2, 0.25) is 15.9 Å². The molecular formula is C17H15F3N2O3S2. The fourth-order valence-corrected chi connectivity index (χ4v) is 4.60. The normalized spacial score (nSPS) is 18.1. The summed E-state index contributed by atoms with van der Waals surface area (Å²) in [6, 6.07) is 10.4. The van der Waals surface area contributed by atoms with E-state index in [0.29, 0.717) is 11.3 Å². The number of nitrogens with zero attached hydrogens (tertiary/aromatic N) is 1. The smallest absolute Gasteiger partial charge is 0.295 e. The van der Waals surface area contributed by atoms with E-state index in [0.717, 1.165) is 12.1 Å². The van der Waals surface area contributed by atoms with Gasteiger partial charge in [-0.15, -0.1) is 11.8 Å². The molecule has 1 saturated heterocycles. The molecule has 0 aliphatic carbocycles. The van der Waals surface area contributed by atoms with Gasteiger partial charge < -0.3 is 0 Å². The van der Waals surface area contributed by atoms with Gasteiger partial charge in [0.15, 0.2) is 0 Å². The van der Waals surface area contributed by atoms with Gasteiger partial charge in [-0.05, 0) is 49.0 Å². The van der Waals surface area contributed by atoms with Crippen LogP contribution in [0.25, 0.3) is 0 Å². The summed E-state index contributed by atoms with van der Waals surface area (Å²) >= 11 is 1.30. The average Bonchev–Trinajstić information content (AvgIpc) is 3.02. The second kappa shape index (κ2) is 7.17. The van der Waals surface area contributed by atoms with Crippen molar-refractivity contribution < 1.29 is 26.4 Å². The van der Waals surface area contributed by atoms with E-state index in [1.807, 2.05) is 0 Å². The van der Waals surface area contributed by atoms with Crippen LogP contribution in [0.15, 0.2) is 53.4 Å². The lowest BCUT2D eigenvalue weighted by atomic mass is 10.1. The van der Waals surface area contributed by atoms with Crippen LogP contribution in [0.1, 0.15) is 16.5 Å². The van der Waals surface area contributed by atoms with E-state index in [1.165, 1.54) is 60.1 Å². The second-order valence-corrected chi connectivity index (χ2v) is 8.70. The van der Waals surface area contributed by atoms with E-state index in [4.69, 9.17) is 0 Å². The molecule has 0 spiro atoms.